The zero-order chi connectivity index (χ0) is 15.2. The van der Waals surface area contributed by atoms with Crippen LogP contribution in [0.1, 0.15) is 15.9 Å². The van der Waals surface area contributed by atoms with E-state index in [1.165, 1.54) is 18.2 Å². The van der Waals surface area contributed by atoms with Crippen molar-refractivity contribution >= 4 is 23.2 Å². The molecular weight excluding hydrogens is 293 g/mol. The number of anilines is 1. The summed E-state index contributed by atoms with van der Waals surface area (Å²) in [7, 11) is 0. The maximum Gasteiger partial charge on any atom is 0.258 e. The summed E-state index contributed by atoms with van der Waals surface area (Å²) in [6, 6.07) is 10.9. The molecule has 0 heterocycles. The molecule has 2 N–H and O–H groups in total. The lowest BCUT2D eigenvalue weighted by Crippen LogP contribution is -2.13. The summed E-state index contributed by atoms with van der Waals surface area (Å²) in [5, 5.41) is 11.1. The first-order valence-electron chi connectivity index (χ1n) is 6.07. The Kier molecular flexibility index (Phi) is 4.94. The molecule has 0 aliphatic heterocycles. The molecule has 0 fully saturated rings. The van der Waals surface area contributed by atoms with Crippen LogP contribution in [0.4, 0.5) is 10.1 Å². The highest BCUT2D eigenvalue weighted by atomic mass is 35.5. The van der Waals surface area contributed by atoms with Gasteiger partial charge in [0.25, 0.3) is 5.91 Å². The van der Waals surface area contributed by atoms with Gasteiger partial charge in [0.15, 0.2) is 5.82 Å². The molecule has 0 atom stereocenters. The number of rotatable bonds is 2. The van der Waals surface area contributed by atoms with Crippen LogP contribution in [0.5, 0.6) is 0 Å². The number of aliphatic hydroxyl groups excluding tert-OH is 1. The van der Waals surface area contributed by atoms with Crippen molar-refractivity contribution in [3.63, 3.8) is 0 Å². The van der Waals surface area contributed by atoms with Gasteiger partial charge < -0.3 is 10.4 Å². The standard InChI is InChI=1S/C16H11ClFNO2/c17-14-8-2-7-13(15(14)18)16(21)19-12-6-1-4-11(10-12)5-3-9-20/h1-2,4,6-8,10,20H,9H2,(H,19,21). The zero-order valence-electron chi connectivity index (χ0n) is 10.9. The summed E-state index contributed by atoms with van der Waals surface area (Å²) < 4.78 is 13.8. The van der Waals surface area contributed by atoms with Crippen molar-refractivity contribution in [2.24, 2.45) is 0 Å². The van der Waals surface area contributed by atoms with Crippen molar-refractivity contribution in [1.29, 1.82) is 0 Å². The van der Waals surface area contributed by atoms with Gasteiger partial charge in [0.05, 0.1) is 10.6 Å². The Hall–Kier alpha value is -2.35. The molecule has 0 saturated heterocycles. The van der Waals surface area contributed by atoms with Crippen molar-refractivity contribution in [3.8, 4) is 11.8 Å². The summed E-state index contributed by atoms with van der Waals surface area (Å²) in [6.45, 7) is -0.246. The first-order valence-corrected chi connectivity index (χ1v) is 6.45. The minimum atomic E-state index is -0.757. The fraction of sp³-hybridized carbons (Fsp3) is 0.0625. The van der Waals surface area contributed by atoms with Crippen molar-refractivity contribution in [2.45, 2.75) is 0 Å². The number of nitrogens with one attached hydrogen (secondary N) is 1. The Morgan fingerprint density at radius 3 is 2.81 bits per heavy atom. The normalized spacial score (nSPS) is 9.67. The predicted octanol–water partition coefficient (Wildman–Crippen LogP) is 3.08. The molecule has 2 aromatic carbocycles. The highest BCUT2D eigenvalue weighted by Gasteiger charge is 2.14. The first kappa shape index (κ1) is 15.0. The molecule has 0 aromatic heterocycles. The lowest BCUT2D eigenvalue weighted by molar-refractivity contribution is 0.102. The van der Waals surface area contributed by atoms with Gasteiger partial charge in [-0.2, -0.15) is 0 Å². The van der Waals surface area contributed by atoms with Gasteiger partial charge in [-0.15, -0.1) is 0 Å². The van der Waals surface area contributed by atoms with Crippen LogP contribution >= 0.6 is 11.6 Å². The number of carbonyl (C=O) groups excluding carboxylic acids is 1. The number of hydrogen-bond donors (Lipinski definition) is 2. The maximum absolute atomic E-state index is 13.8. The van der Waals surface area contributed by atoms with E-state index in [0.717, 1.165) is 0 Å². The van der Waals surface area contributed by atoms with Crippen LogP contribution in [-0.4, -0.2) is 17.6 Å². The smallest absolute Gasteiger partial charge is 0.258 e. The molecule has 106 valence electrons. The van der Waals surface area contributed by atoms with Crippen LogP contribution in [0, 0.1) is 17.7 Å². The Morgan fingerprint density at radius 2 is 2.05 bits per heavy atom. The third kappa shape index (κ3) is 3.82. The predicted molar refractivity (Wildman–Crippen MR) is 79.8 cm³/mol. The Balaban J connectivity index is 2.22. The number of carbonyl (C=O) groups is 1. The molecule has 5 heteroatoms. The molecule has 0 radical (unpaired) electrons. The summed E-state index contributed by atoms with van der Waals surface area (Å²) >= 11 is 5.65. The minimum Gasteiger partial charge on any atom is -0.384 e. The first-order chi connectivity index (χ1) is 10.1. The lowest BCUT2D eigenvalue weighted by Gasteiger charge is -2.07. The molecule has 0 bridgehead atoms. The van der Waals surface area contributed by atoms with E-state index in [1.807, 2.05) is 0 Å². The van der Waals surface area contributed by atoms with Crippen molar-refractivity contribution in [1.82, 2.24) is 0 Å². The van der Waals surface area contributed by atoms with Gasteiger partial charge in [-0.3, -0.25) is 4.79 Å². The van der Waals surface area contributed by atoms with Crippen LogP contribution < -0.4 is 5.32 Å². The van der Waals surface area contributed by atoms with Gasteiger partial charge in [-0.1, -0.05) is 35.6 Å². The van der Waals surface area contributed by atoms with E-state index in [9.17, 15) is 9.18 Å². The molecule has 0 spiro atoms. The van der Waals surface area contributed by atoms with E-state index >= 15 is 0 Å². The van der Waals surface area contributed by atoms with Crippen LogP contribution in [0.2, 0.25) is 5.02 Å². The number of amides is 1. The van der Waals surface area contributed by atoms with Gasteiger partial charge >= 0.3 is 0 Å². The average Bonchev–Trinajstić information content (AvgIpc) is 2.48. The molecule has 0 aliphatic rings. The summed E-state index contributed by atoms with van der Waals surface area (Å²) in [4.78, 5) is 12.0. The van der Waals surface area contributed by atoms with Crippen LogP contribution in [0.3, 0.4) is 0 Å². The fourth-order valence-corrected chi connectivity index (χ4v) is 1.87. The maximum atomic E-state index is 13.8. The number of aliphatic hydroxyl groups is 1. The summed E-state index contributed by atoms with van der Waals surface area (Å²) in [6.07, 6.45) is 0. The Bertz CT molecular complexity index is 735. The van der Waals surface area contributed by atoms with E-state index < -0.39 is 11.7 Å². The highest BCUT2D eigenvalue weighted by Crippen LogP contribution is 2.19. The quantitative estimate of drug-likeness (QED) is 0.838. The third-order valence-electron chi connectivity index (χ3n) is 2.63. The van der Waals surface area contributed by atoms with Gasteiger partial charge in [0, 0.05) is 11.3 Å². The second kappa shape index (κ2) is 6.89. The molecule has 21 heavy (non-hydrogen) atoms. The SMILES string of the molecule is O=C(Nc1cccc(C#CCO)c1)c1cccc(Cl)c1F. The fourth-order valence-electron chi connectivity index (χ4n) is 1.69. The van der Waals surface area contributed by atoms with Crippen LogP contribution in [0.25, 0.3) is 0 Å². The van der Waals surface area contributed by atoms with E-state index in [0.29, 0.717) is 11.3 Å². The lowest BCUT2D eigenvalue weighted by atomic mass is 10.1. The van der Waals surface area contributed by atoms with Crippen LogP contribution in [0.15, 0.2) is 42.5 Å². The Labute approximate surface area is 126 Å². The second-order valence-corrected chi connectivity index (χ2v) is 4.50. The topological polar surface area (TPSA) is 49.3 Å². The number of benzene rings is 2. The second-order valence-electron chi connectivity index (χ2n) is 4.10. The van der Waals surface area contributed by atoms with Crippen molar-refractivity contribution in [3.05, 3.63) is 64.4 Å². The Morgan fingerprint density at radius 1 is 1.29 bits per heavy atom. The van der Waals surface area contributed by atoms with Gasteiger partial charge in [-0.05, 0) is 30.3 Å². The van der Waals surface area contributed by atoms with Gasteiger partial charge in [-0.25, -0.2) is 4.39 Å². The monoisotopic (exact) mass is 303 g/mol. The zero-order valence-corrected chi connectivity index (χ0v) is 11.6. The van der Waals surface area contributed by atoms with E-state index in [4.69, 9.17) is 16.7 Å². The molecule has 3 nitrogen and oxygen atoms in total. The van der Waals surface area contributed by atoms with E-state index in [1.54, 1.807) is 24.3 Å². The molecule has 2 rings (SSSR count). The number of halogens is 2. The van der Waals surface area contributed by atoms with E-state index in [2.05, 4.69) is 17.2 Å². The van der Waals surface area contributed by atoms with Gasteiger partial charge in [0.1, 0.15) is 6.61 Å². The molecule has 0 unspecified atom stereocenters. The van der Waals surface area contributed by atoms with E-state index in [-0.39, 0.29) is 17.2 Å². The third-order valence-corrected chi connectivity index (χ3v) is 2.92. The van der Waals surface area contributed by atoms with Crippen molar-refractivity contribution < 1.29 is 14.3 Å². The van der Waals surface area contributed by atoms with Gasteiger partial charge in [0.2, 0.25) is 0 Å². The highest BCUT2D eigenvalue weighted by molar-refractivity contribution is 6.31. The molecule has 0 saturated carbocycles. The minimum absolute atomic E-state index is 0.106. The summed E-state index contributed by atoms with van der Waals surface area (Å²) in [5.41, 5.74) is 0.979. The number of hydrogen-bond acceptors (Lipinski definition) is 2. The summed E-state index contributed by atoms with van der Waals surface area (Å²) in [5.74, 6) is 3.88. The molecule has 1 amide bonds. The molecule has 2 aromatic rings. The van der Waals surface area contributed by atoms with Crippen LogP contribution in [-0.2, 0) is 0 Å². The molecular formula is C16H11ClFNO2. The largest absolute Gasteiger partial charge is 0.384 e. The average molecular weight is 304 g/mol. The molecule has 0 aliphatic carbocycles. The van der Waals surface area contributed by atoms with Crippen molar-refractivity contribution in [2.75, 3.05) is 11.9 Å².